The summed E-state index contributed by atoms with van der Waals surface area (Å²) in [6.07, 6.45) is 12.2. The number of ketones is 1. The second-order valence-corrected chi connectivity index (χ2v) is 16.2. The number of aliphatic imine (C=N–C) groups is 1. The SMILES string of the molecule is COc1cc2cc(C3CCCC3)c3c(O)c2c2c1C=CC(C1=C4[CH+]C=CC=C4N=C1)OCC1OC(O2)C(O)(CO)C(OC#CCc2cccc4c2CN(CC3=O)C4=O)C1O. The zero-order valence-corrected chi connectivity index (χ0v) is 32.8. The molecule has 6 unspecified atom stereocenters. The second-order valence-electron chi connectivity index (χ2n) is 16.2. The molecular weight excluding hydrogens is 769 g/mol. The maximum atomic E-state index is 14.8. The summed E-state index contributed by atoms with van der Waals surface area (Å²) in [6.45, 7) is -1.36. The van der Waals surface area contributed by atoms with E-state index in [1.165, 1.54) is 12.0 Å². The number of aliphatic hydroxyl groups excluding tert-OH is 2. The summed E-state index contributed by atoms with van der Waals surface area (Å²) in [5.41, 5.74) is 2.82. The van der Waals surface area contributed by atoms with Crippen molar-refractivity contribution in [3.8, 4) is 29.3 Å². The third-order valence-corrected chi connectivity index (χ3v) is 12.8. The Balaban J connectivity index is 1.23. The maximum Gasteiger partial charge on any atom is 0.254 e. The number of aromatic hydroxyl groups is 1. The van der Waals surface area contributed by atoms with E-state index in [1.807, 2.05) is 36.8 Å². The number of hydrogen-bond donors (Lipinski definition) is 4. The molecule has 10 rings (SSSR count). The largest absolute Gasteiger partial charge is 0.506 e. The molecule has 5 heterocycles. The van der Waals surface area contributed by atoms with Crippen molar-refractivity contribution in [3.63, 3.8) is 0 Å². The minimum Gasteiger partial charge on any atom is -0.506 e. The van der Waals surface area contributed by atoms with Crippen LogP contribution in [0.3, 0.4) is 0 Å². The molecular formula is C47H43N2O11+. The molecule has 8 bridgehead atoms. The number of allylic oxidation sites excluding steroid dienone is 4. The Bertz CT molecular complexity index is 2550. The van der Waals surface area contributed by atoms with Gasteiger partial charge < -0.3 is 49.0 Å². The first kappa shape index (κ1) is 38.3. The van der Waals surface area contributed by atoms with Crippen molar-refractivity contribution in [1.82, 2.24) is 4.90 Å². The topological polar surface area (TPSA) is 177 Å². The highest BCUT2D eigenvalue weighted by Crippen LogP contribution is 2.50. The molecule has 2 fully saturated rings. The van der Waals surface area contributed by atoms with Crippen LogP contribution in [-0.2, 0) is 27.2 Å². The van der Waals surface area contributed by atoms with E-state index in [9.17, 15) is 30.0 Å². The first-order valence-electron chi connectivity index (χ1n) is 20.3. The lowest BCUT2D eigenvalue weighted by atomic mass is 9.86. The lowest BCUT2D eigenvalue weighted by Crippen LogP contribution is -2.70. The van der Waals surface area contributed by atoms with Crippen molar-refractivity contribution in [3.05, 3.63) is 111 Å². The molecule has 0 radical (unpaired) electrons. The number of phenols is 1. The molecule has 3 aromatic carbocycles. The van der Waals surface area contributed by atoms with E-state index < -0.39 is 48.7 Å². The van der Waals surface area contributed by atoms with E-state index in [1.54, 1.807) is 36.6 Å². The summed E-state index contributed by atoms with van der Waals surface area (Å²) < 4.78 is 31.6. The van der Waals surface area contributed by atoms with E-state index in [2.05, 4.69) is 17.0 Å². The number of nitrogens with zero attached hydrogens (tertiary/aromatic N) is 2. The van der Waals surface area contributed by atoms with Gasteiger partial charge in [0.25, 0.3) is 5.91 Å². The molecule has 13 heteroatoms. The van der Waals surface area contributed by atoms with Gasteiger partial charge in [0.15, 0.2) is 23.2 Å². The number of hydrogen-bond acceptors (Lipinski definition) is 12. The normalized spacial score (nSPS) is 28.2. The monoisotopic (exact) mass is 811 g/mol. The van der Waals surface area contributed by atoms with Crippen molar-refractivity contribution in [2.24, 2.45) is 4.99 Å². The summed E-state index contributed by atoms with van der Waals surface area (Å²) in [6, 6.07) is 8.94. The van der Waals surface area contributed by atoms with Crippen molar-refractivity contribution in [2.45, 2.75) is 80.9 Å². The highest BCUT2D eigenvalue weighted by Gasteiger charge is 2.59. The van der Waals surface area contributed by atoms with Crippen LogP contribution in [0.4, 0.5) is 0 Å². The van der Waals surface area contributed by atoms with Gasteiger partial charge in [-0.15, -0.1) is 0 Å². The van der Waals surface area contributed by atoms with E-state index in [4.69, 9.17) is 23.7 Å². The smallest absolute Gasteiger partial charge is 0.254 e. The standard InChI is InChI=1S/C47H42N2O11/c1-56-37-19-27-18-31(25-8-2-3-9-25)40-35(51)22-49-21-33-26(10-6-13-29(33)45(49)54)11-7-17-57-44-41(52)38-23-58-36(32-20-48-34-14-5-4-12-28(32)34)16-15-30(37)43(39(27)42(40)53)60-46(59-38)47(44,55)24-50/h4-6,10,12-16,18-20,25,36,38,41,44,46,50,52,55H,2-3,8-9,11,21-24H2,1H3/p+1. The van der Waals surface area contributed by atoms with Gasteiger partial charge in [0, 0.05) is 43.2 Å². The van der Waals surface area contributed by atoms with E-state index in [-0.39, 0.29) is 60.4 Å². The number of aliphatic hydroxyl groups is 3. The number of amides is 1. The number of carbonyl (C=O) groups is 2. The van der Waals surface area contributed by atoms with Crippen LogP contribution in [0.1, 0.15) is 74.6 Å². The fraction of sp³-hybridized carbons (Fsp3) is 0.362. The molecule has 4 N–H and O–H groups in total. The quantitative estimate of drug-likeness (QED) is 0.214. The van der Waals surface area contributed by atoms with Crippen LogP contribution in [-0.4, -0.2) is 106 Å². The molecule has 1 amide bonds. The van der Waals surface area contributed by atoms with Gasteiger partial charge in [-0.25, -0.2) is 0 Å². The number of Topliss-reactive ketones (excluding diaryl/α,β-unsaturated/α-hetero) is 1. The molecule has 5 aliphatic heterocycles. The van der Waals surface area contributed by atoms with Crippen LogP contribution in [0.25, 0.3) is 16.8 Å². The van der Waals surface area contributed by atoms with Crippen molar-refractivity contribution in [2.75, 3.05) is 26.9 Å². The summed E-state index contributed by atoms with van der Waals surface area (Å²) in [5.74, 6) is 2.08. The number of methoxy groups -OCH3 is 1. The molecule has 1 saturated carbocycles. The van der Waals surface area contributed by atoms with Gasteiger partial charge in [0.1, 0.15) is 47.2 Å². The predicted octanol–water partition coefficient (Wildman–Crippen LogP) is 4.59. The Morgan fingerprint density at radius 1 is 1.15 bits per heavy atom. The van der Waals surface area contributed by atoms with Crippen molar-refractivity contribution >= 4 is 34.8 Å². The number of carbonyl (C=O) groups excluding carboxylic acids is 2. The Morgan fingerprint density at radius 3 is 2.82 bits per heavy atom. The van der Waals surface area contributed by atoms with Crippen molar-refractivity contribution < 1.29 is 53.7 Å². The molecule has 3 aromatic rings. The Morgan fingerprint density at radius 2 is 2.00 bits per heavy atom. The predicted molar refractivity (Wildman–Crippen MR) is 218 cm³/mol. The number of benzene rings is 3. The summed E-state index contributed by atoms with van der Waals surface area (Å²) >= 11 is 0. The second kappa shape index (κ2) is 15.0. The number of phenolic OH excluding ortho intramolecular Hbond substituents is 1. The van der Waals surface area contributed by atoms with Crippen LogP contribution in [0.2, 0.25) is 0 Å². The number of fused-ring (bicyclic) bond motifs is 5. The molecule has 1 saturated heterocycles. The van der Waals surface area contributed by atoms with Crippen molar-refractivity contribution in [1.29, 1.82) is 0 Å². The van der Waals surface area contributed by atoms with Gasteiger partial charge in [-0.05, 0) is 71.2 Å². The first-order valence-corrected chi connectivity index (χ1v) is 20.3. The third kappa shape index (κ3) is 6.13. The lowest BCUT2D eigenvalue weighted by Gasteiger charge is -2.47. The van der Waals surface area contributed by atoms with E-state index in [0.717, 1.165) is 53.7 Å². The molecule has 7 aliphatic rings. The highest BCUT2D eigenvalue weighted by molar-refractivity contribution is 6.11. The van der Waals surface area contributed by atoms with Gasteiger partial charge >= 0.3 is 0 Å². The van der Waals surface area contributed by atoms with E-state index >= 15 is 0 Å². The average molecular weight is 812 g/mol. The molecule has 0 spiro atoms. The Hall–Kier alpha value is -5.88. The summed E-state index contributed by atoms with van der Waals surface area (Å²) in [4.78, 5) is 34.7. The van der Waals surface area contributed by atoms with Crippen LogP contribution >= 0.6 is 0 Å². The van der Waals surface area contributed by atoms with Crippen LogP contribution < -0.4 is 9.47 Å². The van der Waals surface area contributed by atoms with Gasteiger partial charge in [0.05, 0.1) is 55.2 Å². The average Bonchev–Trinajstić information content (AvgIpc) is 4.01. The molecule has 60 heavy (non-hydrogen) atoms. The zero-order chi connectivity index (χ0) is 41.3. The molecule has 306 valence electrons. The molecule has 2 aliphatic carbocycles. The fourth-order valence-corrected chi connectivity index (χ4v) is 9.66. The first-order chi connectivity index (χ1) is 29.2. The lowest BCUT2D eigenvalue weighted by molar-refractivity contribution is -0.327. The van der Waals surface area contributed by atoms with E-state index in [0.29, 0.717) is 27.8 Å². The van der Waals surface area contributed by atoms with Gasteiger partial charge in [-0.2, -0.15) is 4.99 Å². The minimum absolute atomic E-state index is 0.0370. The van der Waals surface area contributed by atoms with Crippen LogP contribution in [0.15, 0.2) is 76.5 Å². The Kier molecular flexibility index (Phi) is 9.58. The zero-order valence-electron chi connectivity index (χ0n) is 32.8. The molecule has 13 nitrogen and oxygen atoms in total. The maximum absolute atomic E-state index is 14.8. The minimum atomic E-state index is -2.44. The number of ether oxygens (including phenoxy) is 5. The molecule has 0 aromatic heterocycles. The van der Waals surface area contributed by atoms with Crippen LogP contribution in [0.5, 0.6) is 17.2 Å². The summed E-state index contributed by atoms with van der Waals surface area (Å²) in [5, 5.41) is 48.5. The fourth-order valence-electron chi connectivity index (χ4n) is 9.66. The molecule has 6 atom stereocenters. The number of rotatable bonds is 4. The highest BCUT2D eigenvalue weighted by atomic mass is 16.7. The van der Waals surface area contributed by atoms with Gasteiger partial charge in [-0.3, -0.25) is 9.59 Å². The van der Waals surface area contributed by atoms with Gasteiger partial charge in [-0.1, -0.05) is 30.9 Å². The van der Waals surface area contributed by atoms with Gasteiger partial charge in [0.2, 0.25) is 6.29 Å². The Labute approximate surface area is 345 Å². The third-order valence-electron chi connectivity index (χ3n) is 12.8. The summed E-state index contributed by atoms with van der Waals surface area (Å²) in [7, 11) is 1.50. The van der Waals surface area contributed by atoms with Crippen LogP contribution in [0, 0.1) is 18.4 Å².